The highest BCUT2D eigenvalue weighted by molar-refractivity contribution is 5.43. The summed E-state index contributed by atoms with van der Waals surface area (Å²) in [6.07, 6.45) is 2.21. The zero-order chi connectivity index (χ0) is 15.2. The van der Waals surface area contributed by atoms with Crippen molar-refractivity contribution >= 4 is 0 Å². The molecule has 1 aromatic rings. The van der Waals surface area contributed by atoms with Crippen molar-refractivity contribution in [3.63, 3.8) is 0 Å². The second-order valence-electron chi connectivity index (χ2n) is 5.84. The molecule has 3 nitrogen and oxygen atoms in total. The summed E-state index contributed by atoms with van der Waals surface area (Å²) in [5.74, 6) is 1.79. The van der Waals surface area contributed by atoms with Crippen LogP contribution in [0.3, 0.4) is 0 Å². The fourth-order valence-electron chi connectivity index (χ4n) is 2.37. The lowest BCUT2D eigenvalue weighted by Gasteiger charge is -2.35. The molecule has 0 heterocycles. The Balaban J connectivity index is 3.23. The van der Waals surface area contributed by atoms with Crippen LogP contribution in [0.25, 0.3) is 0 Å². The van der Waals surface area contributed by atoms with Crippen LogP contribution in [-0.4, -0.2) is 20.8 Å². The Labute approximate surface area is 123 Å². The average molecular weight is 279 g/mol. The van der Waals surface area contributed by atoms with Gasteiger partial charge in [-0.3, -0.25) is 0 Å². The molecule has 0 aromatic heterocycles. The monoisotopic (exact) mass is 279 g/mol. The molecule has 0 aliphatic carbocycles. The van der Waals surface area contributed by atoms with E-state index in [9.17, 15) is 0 Å². The largest absolute Gasteiger partial charge is 0.497 e. The second kappa shape index (κ2) is 7.53. The van der Waals surface area contributed by atoms with Gasteiger partial charge in [0, 0.05) is 11.6 Å². The maximum absolute atomic E-state index is 5.55. The third-order valence-electron chi connectivity index (χ3n) is 4.04. The van der Waals surface area contributed by atoms with E-state index in [2.05, 4.69) is 39.1 Å². The molecular formula is C17H29NO2. The molecule has 0 saturated heterocycles. The molecule has 0 radical (unpaired) electrons. The lowest BCUT2D eigenvalue weighted by molar-refractivity contribution is 0.228. The number of hydrogen-bond acceptors (Lipinski definition) is 3. The van der Waals surface area contributed by atoms with E-state index in [1.807, 2.05) is 12.1 Å². The number of benzene rings is 1. The highest BCUT2D eigenvalue weighted by atomic mass is 16.5. The Morgan fingerprint density at radius 3 is 2.35 bits per heavy atom. The Morgan fingerprint density at radius 1 is 1.15 bits per heavy atom. The third-order valence-corrected chi connectivity index (χ3v) is 4.04. The van der Waals surface area contributed by atoms with Crippen LogP contribution < -0.4 is 14.8 Å². The van der Waals surface area contributed by atoms with Crippen molar-refractivity contribution in [3.8, 4) is 11.5 Å². The van der Waals surface area contributed by atoms with E-state index in [1.54, 1.807) is 14.2 Å². The van der Waals surface area contributed by atoms with Crippen molar-refractivity contribution in [1.82, 2.24) is 5.32 Å². The summed E-state index contributed by atoms with van der Waals surface area (Å²) < 4.78 is 10.9. The van der Waals surface area contributed by atoms with E-state index < -0.39 is 0 Å². The fraction of sp³-hybridized carbons (Fsp3) is 0.647. The van der Waals surface area contributed by atoms with Gasteiger partial charge >= 0.3 is 0 Å². The summed E-state index contributed by atoms with van der Waals surface area (Å²) in [5.41, 5.74) is 1.32. The smallest absolute Gasteiger partial charge is 0.123 e. The minimum Gasteiger partial charge on any atom is -0.497 e. The predicted octanol–water partition coefficient (Wildman–Crippen LogP) is 4.18. The van der Waals surface area contributed by atoms with Crippen molar-refractivity contribution in [2.45, 2.75) is 46.6 Å². The van der Waals surface area contributed by atoms with E-state index >= 15 is 0 Å². The van der Waals surface area contributed by atoms with Gasteiger partial charge in [0.25, 0.3) is 0 Å². The Hall–Kier alpha value is -1.22. The summed E-state index contributed by atoms with van der Waals surface area (Å²) in [5, 5.41) is 3.67. The molecule has 1 atom stereocenters. The van der Waals surface area contributed by atoms with E-state index in [1.165, 1.54) is 5.56 Å². The lowest BCUT2D eigenvalue weighted by Crippen LogP contribution is -2.34. The van der Waals surface area contributed by atoms with Crippen LogP contribution in [-0.2, 0) is 0 Å². The van der Waals surface area contributed by atoms with Gasteiger partial charge in [0.15, 0.2) is 0 Å². The first-order valence-electron chi connectivity index (χ1n) is 7.45. The Bertz CT molecular complexity index is 415. The molecular weight excluding hydrogens is 250 g/mol. The average Bonchev–Trinajstić information content (AvgIpc) is 2.47. The van der Waals surface area contributed by atoms with Crippen LogP contribution in [0.2, 0.25) is 0 Å². The van der Waals surface area contributed by atoms with Crippen molar-refractivity contribution in [1.29, 1.82) is 0 Å². The number of hydrogen-bond donors (Lipinski definition) is 1. The van der Waals surface area contributed by atoms with Gasteiger partial charge in [-0.2, -0.15) is 0 Å². The normalized spacial score (nSPS) is 13.1. The van der Waals surface area contributed by atoms with Crippen LogP contribution in [0.1, 0.15) is 52.1 Å². The van der Waals surface area contributed by atoms with E-state index in [0.717, 1.165) is 30.9 Å². The summed E-state index contributed by atoms with van der Waals surface area (Å²) in [6.45, 7) is 9.99. The molecule has 1 aromatic carbocycles. The third kappa shape index (κ3) is 3.89. The molecule has 0 amide bonds. The number of ether oxygens (including phenoxy) is 2. The molecule has 0 aliphatic heterocycles. The lowest BCUT2D eigenvalue weighted by atomic mass is 9.78. The minimum atomic E-state index is 0.148. The maximum Gasteiger partial charge on any atom is 0.123 e. The van der Waals surface area contributed by atoms with E-state index in [4.69, 9.17) is 9.47 Å². The van der Waals surface area contributed by atoms with Crippen LogP contribution in [0.4, 0.5) is 0 Å². The first-order chi connectivity index (χ1) is 9.50. The molecule has 0 saturated carbocycles. The quantitative estimate of drug-likeness (QED) is 0.774. The summed E-state index contributed by atoms with van der Waals surface area (Å²) >= 11 is 0. The van der Waals surface area contributed by atoms with E-state index in [0.29, 0.717) is 0 Å². The van der Waals surface area contributed by atoms with Gasteiger partial charge in [-0.15, -0.1) is 0 Å². The van der Waals surface area contributed by atoms with Crippen LogP contribution >= 0.6 is 0 Å². The first-order valence-corrected chi connectivity index (χ1v) is 7.45. The van der Waals surface area contributed by atoms with Gasteiger partial charge in [0.2, 0.25) is 0 Å². The predicted molar refractivity (Wildman–Crippen MR) is 84.7 cm³/mol. The van der Waals surface area contributed by atoms with Crippen LogP contribution in [0, 0.1) is 5.41 Å². The van der Waals surface area contributed by atoms with Gasteiger partial charge in [-0.1, -0.05) is 27.7 Å². The van der Waals surface area contributed by atoms with Crippen LogP contribution in [0.5, 0.6) is 11.5 Å². The molecule has 3 heteroatoms. The molecule has 0 bridgehead atoms. The minimum absolute atomic E-state index is 0.148. The summed E-state index contributed by atoms with van der Waals surface area (Å²) in [7, 11) is 3.42. The molecule has 1 N–H and O–H groups in total. The molecule has 0 fully saturated rings. The molecule has 1 unspecified atom stereocenters. The van der Waals surface area contributed by atoms with Gasteiger partial charge in [-0.05, 0) is 43.0 Å². The van der Waals surface area contributed by atoms with Crippen molar-refractivity contribution in [2.75, 3.05) is 20.8 Å². The molecule has 114 valence electrons. The van der Waals surface area contributed by atoms with Crippen molar-refractivity contribution in [3.05, 3.63) is 23.8 Å². The standard InChI is InChI=1S/C17H29NO2/c1-7-11-18-16(17(3,4)8-2)14-12-13(19-5)9-10-15(14)20-6/h9-10,12,16,18H,7-8,11H2,1-6H3. The molecule has 0 aliphatic rings. The zero-order valence-corrected chi connectivity index (χ0v) is 13.7. The van der Waals surface area contributed by atoms with Gasteiger partial charge in [0.1, 0.15) is 11.5 Å². The molecule has 1 rings (SSSR count). The number of methoxy groups -OCH3 is 2. The summed E-state index contributed by atoms with van der Waals surface area (Å²) in [4.78, 5) is 0. The highest BCUT2D eigenvalue weighted by Crippen LogP contribution is 2.41. The fourth-order valence-corrected chi connectivity index (χ4v) is 2.37. The second-order valence-corrected chi connectivity index (χ2v) is 5.84. The van der Waals surface area contributed by atoms with Crippen molar-refractivity contribution in [2.24, 2.45) is 5.41 Å². The topological polar surface area (TPSA) is 30.5 Å². The molecule has 0 spiro atoms. The van der Waals surface area contributed by atoms with Gasteiger partial charge < -0.3 is 14.8 Å². The SMILES string of the molecule is CCCNC(c1cc(OC)ccc1OC)C(C)(C)CC. The Kier molecular flexibility index (Phi) is 6.34. The van der Waals surface area contributed by atoms with Gasteiger partial charge in [-0.25, -0.2) is 0 Å². The van der Waals surface area contributed by atoms with Gasteiger partial charge in [0.05, 0.1) is 14.2 Å². The van der Waals surface area contributed by atoms with Crippen molar-refractivity contribution < 1.29 is 9.47 Å². The maximum atomic E-state index is 5.55. The zero-order valence-electron chi connectivity index (χ0n) is 13.7. The van der Waals surface area contributed by atoms with Crippen LogP contribution in [0.15, 0.2) is 18.2 Å². The van der Waals surface area contributed by atoms with E-state index in [-0.39, 0.29) is 11.5 Å². The number of nitrogens with one attached hydrogen (secondary N) is 1. The highest BCUT2D eigenvalue weighted by Gasteiger charge is 2.31. The molecule has 20 heavy (non-hydrogen) atoms. The summed E-state index contributed by atoms with van der Waals surface area (Å²) in [6, 6.07) is 6.26. The number of rotatable bonds is 8. The first kappa shape index (κ1) is 16.8. The Morgan fingerprint density at radius 2 is 1.85 bits per heavy atom.